The first-order valence-corrected chi connectivity index (χ1v) is 10.5. The highest BCUT2D eigenvalue weighted by Crippen LogP contribution is 2.46. The van der Waals surface area contributed by atoms with Gasteiger partial charge in [0.2, 0.25) is 0 Å². The van der Waals surface area contributed by atoms with E-state index in [1.54, 1.807) is 0 Å². The van der Waals surface area contributed by atoms with Gasteiger partial charge in [-0.2, -0.15) is 8.42 Å². The maximum atomic E-state index is 10.9. The molecule has 0 aromatic heterocycles. The van der Waals surface area contributed by atoms with Gasteiger partial charge in [0.1, 0.15) is 6.54 Å². The minimum absolute atomic E-state index is 0.105. The molecule has 1 heterocycles. The Morgan fingerprint density at radius 2 is 1.96 bits per heavy atom. The van der Waals surface area contributed by atoms with Crippen LogP contribution >= 0.6 is 0 Å². The van der Waals surface area contributed by atoms with Crippen molar-refractivity contribution in [2.75, 3.05) is 12.3 Å². The molecule has 3 aliphatic rings. The first-order valence-electron chi connectivity index (χ1n) is 8.86. The number of nitrogens with zero attached hydrogens (tertiary/aromatic N) is 1. The van der Waals surface area contributed by atoms with Gasteiger partial charge in [-0.3, -0.25) is 4.55 Å². The van der Waals surface area contributed by atoms with Crippen LogP contribution in [-0.2, 0) is 10.1 Å². The molecule has 0 spiro atoms. The van der Waals surface area contributed by atoms with Gasteiger partial charge in [0.25, 0.3) is 10.1 Å². The van der Waals surface area contributed by atoms with Gasteiger partial charge in [-0.1, -0.05) is 24.3 Å². The van der Waals surface area contributed by atoms with Gasteiger partial charge < -0.3 is 0 Å². The molecule has 0 fully saturated rings. The minimum Gasteiger partial charge on any atom is -0.286 e. The second kappa shape index (κ2) is 6.26. The summed E-state index contributed by atoms with van der Waals surface area (Å²) < 4.78 is 33.2. The zero-order valence-electron chi connectivity index (χ0n) is 14.8. The Morgan fingerprint density at radius 3 is 2.67 bits per heavy atom. The molecule has 4 nitrogen and oxygen atoms in total. The van der Waals surface area contributed by atoms with Crippen LogP contribution in [0.2, 0.25) is 0 Å². The van der Waals surface area contributed by atoms with Crippen molar-refractivity contribution in [2.45, 2.75) is 52.5 Å². The van der Waals surface area contributed by atoms with Crippen molar-refractivity contribution in [3.8, 4) is 0 Å². The summed E-state index contributed by atoms with van der Waals surface area (Å²) in [6.07, 6.45) is 12.8. The molecule has 0 saturated carbocycles. The smallest absolute Gasteiger partial charge is 0.264 e. The third-order valence-corrected chi connectivity index (χ3v) is 6.76. The van der Waals surface area contributed by atoms with Gasteiger partial charge >= 0.3 is 0 Å². The van der Waals surface area contributed by atoms with Crippen molar-refractivity contribution in [2.24, 2.45) is 11.3 Å². The summed E-state index contributed by atoms with van der Waals surface area (Å²) in [6, 6.07) is 0.363. The van der Waals surface area contributed by atoms with Crippen LogP contribution in [0.4, 0.5) is 0 Å². The Balaban J connectivity index is 1.84. The Labute approximate surface area is 145 Å². The lowest BCUT2D eigenvalue weighted by molar-refractivity contribution is -0.553. The van der Waals surface area contributed by atoms with Gasteiger partial charge in [-0.15, -0.1) is 0 Å². The molecule has 24 heavy (non-hydrogen) atoms. The van der Waals surface area contributed by atoms with Crippen LogP contribution in [0.3, 0.4) is 0 Å². The molecule has 0 aromatic rings. The molecule has 0 bridgehead atoms. The van der Waals surface area contributed by atoms with Gasteiger partial charge in [-0.05, 0) is 38.7 Å². The Kier molecular flexibility index (Phi) is 4.60. The van der Waals surface area contributed by atoms with E-state index in [1.807, 2.05) is 0 Å². The van der Waals surface area contributed by atoms with Crippen LogP contribution in [0, 0.1) is 11.3 Å². The van der Waals surface area contributed by atoms with E-state index in [9.17, 15) is 8.42 Å². The van der Waals surface area contributed by atoms with E-state index in [1.165, 1.54) is 16.9 Å². The topological polar surface area (TPSA) is 57.4 Å². The van der Waals surface area contributed by atoms with Crippen molar-refractivity contribution in [3.05, 3.63) is 35.5 Å². The quantitative estimate of drug-likeness (QED) is 0.470. The maximum absolute atomic E-state index is 10.9. The van der Waals surface area contributed by atoms with Crippen LogP contribution in [0.1, 0.15) is 46.5 Å². The largest absolute Gasteiger partial charge is 0.286 e. The average Bonchev–Trinajstić information content (AvgIpc) is 2.71. The number of hydrogen-bond donors (Lipinski definition) is 1. The molecule has 0 saturated heterocycles. The molecule has 5 heteroatoms. The van der Waals surface area contributed by atoms with Crippen molar-refractivity contribution in [1.82, 2.24) is 0 Å². The predicted octanol–water partition coefficient (Wildman–Crippen LogP) is 3.37. The molecule has 0 radical (unpaired) electrons. The lowest BCUT2D eigenvalue weighted by Crippen LogP contribution is -2.36. The zero-order valence-corrected chi connectivity index (χ0v) is 15.6. The number of hydrogen-bond acceptors (Lipinski definition) is 2. The number of fused-ring (bicyclic) bond motifs is 3. The van der Waals surface area contributed by atoms with Crippen molar-refractivity contribution >= 4 is 15.8 Å². The average molecular weight is 351 g/mol. The second-order valence-corrected chi connectivity index (χ2v) is 9.29. The van der Waals surface area contributed by atoms with Gasteiger partial charge in [0, 0.05) is 18.9 Å². The minimum atomic E-state index is -3.86. The van der Waals surface area contributed by atoms with E-state index < -0.39 is 10.1 Å². The fourth-order valence-electron chi connectivity index (χ4n) is 4.37. The molecular weight excluding hydrogens is 322 g/mol. The van der Waals surface area contributed by atoms with Crippen molar-refractivity contribution < 1.29 is 17.5 Å². The normalized spacial score (nSPS) is 28.3. The van der Waals surface area contributed by atoms with Gasteiger partial charge in [0.15, 0.2) is 11.8 Å². The Hall–Kier alpha value is -1.20. The molecule has 0 aromatic carbocycles. The van der Waals surface area contributed by atoms with Crippen LogP contribution in [0.25, 0.3) is 0 Å². The monoisotopic (exact) mass is 350 g/mol. The fraction of sp³-hybridized carbons (Fsp3) is 0.632. The summed E-state index contributed by atoms with van der Waals surface area (Å²) in [5, 5.41) is 0. The second-order valence-electron chi connectivity index (χ2n) is 7.72. The highest BCUT2D eigenvalue weighted by Gasteiger charge is 2.54. The number of unbranched alkanes of at least 4 members (excludes halogenated alkanes) is 1. The van der Waals surface area contributed by atoms with Crippen molar-refractivity contribution in [3.63, 3.8) is 0 Å². The summed E-state index contributed by atoms with van der Waals surface area (Å²) in [7, 11) is -3.86. The maximum Gasteiger partial charge on any atom is 0.264 e. The zero-order chi connectivity index (χ0) is 17.5. The van der Waals surface area contributed by atoms with Crippen molar-refractivity contribution in [1.29, 1.82) is 0 Å². The highest BCUT2D eigenvalue weighted by atomic mass is 32.2. The summed E-state index contributed by atoms with van der Waals surface area (Å²) in [5.74, 6) is 0.311. The molecule has 2 atom stereocenters. The molecular formula is C19H28NO3S+. The molecule has 2 aliphatic carbocycles. The van der Waals surface area contributed by atoms with Crippen LogP contribution in [0.15, 0.2) is 35.5 Å². The highest BCUT2D eigenvalue weighted by molar-refractivity contribution is 7.85. The Bertz CT molecular complexity index is 753. The van der Waals surface area contributed by atoms with Crippen LogP contribution in [0.5, 0.6) is 0 Å². The number of allylic oxidation sites excluding steroid dienone is 3. The van der Waals surface area contributed by atoms with Crippen LogP contribution < -0.4 is 0 Å². The lowest BCUT2D eigenvalue weighted by atomic mass is 9.69. The summed E-state index contributed by atoms with van der Waals surface area (Å²) in [5.41, 5.74) is 4.28. The van der Waals surface area contributed by atoms with E-state index >= 15 is 0 Å². The first-order chi connectivity index (χ1) is 11.2. The predicted molar refractivity (Wildman–Crippen MR) is 97.1 cm³/mol. The standard InChI is InChI=1S/C19H27NO3S/c1-14-19(2,3)17-11-10-15-8-4-5-9-16(15)18(17)20(14)12-6-7-13-24(21,22)23/h8-11,17-18H,4-7,12-13H2,1-3H3/p+1. The molecule has 0 amide bonds. The van der Waals surface area contributed by atoms with E-state index in [0.29, 0.717) is 18.4 Å². The molecule has 1 aliphatic heterocycles. The molecule has 2 unspecified atom stereocenters. The van der Waals surface area contributed by atoms with E-state index in [2.05, 4.69) is 49.7 Å². The molecule has 3 rings (SSSR count). The third kappa shape index (κ3) is 3.16. The molecule has 1 N–H and O–H groups in total. The third-order valence-electron chi connectivity index (χ3n) is 5.95. The van der Waals surface area contributed by atoms with E-state index in [-0.39, 0.29) is 11.2 Å². The summed E-state index contributed by atoms with van der Waals surface area (Å²) >= 11 is 0. The SMILES string of the molecule is CC1=[N+](CCCCS(=O)(=O)O)C2C3=CCCC=C3C=CC2C1(C)C. The summed E-state index contributed by atoms with van der Waals surface area (Å²) in [4.78, 5) is 0. The number of rotatable bonds is 5. The van der Waals surface area contributed by atoms with Crippen LogP contribution in [-0.4, -0.2) is 41.6 Å². The lowest BCUT2D eigenvalue weighted by Gasteiger charge is -2.30. The van der Waals surface area contributed by atoms with Gasteiger partial charge in [0.05, 0.1) is 17.1 Å². The van der Waals surface area contributed by atoms with E-state index in [4.69, 9.17) is 4.55 Å². The van der Waals surface area contributed by atoms with Gasteiger partial charge in [-0.25, -0.2) is 4.58 Å². The van der Waals surface area contributed by atoms with E-state index in [0.717, 1.165) is 25.8 Å². The summed E-state index contributed by atoms with van der Waals surface area (Å²) in [6.45, 7) is 7.66. The molecule has 132 valence electrons. The first kappa shape index (κ1) is 17.6. The Morgan fingerprint density at radius 1 is 1.25 bits per heavy atom. The fourth-order valence-corrected chi connectivity index (χ4v) is 4.93.